The predicted molar refractivity (Wildman–Crippen MR) is 92.6 cm³/mol. The summed E-state index contributed by atoms with van der Waals surface area (Å²) in [6.07, 6.45) is 1.25. The van der Waals surface area contributed by atoms with E-state index in [0.717, 1.165) is 23.6 Å². The number of rotatable bonds is 3. The average molecular weight is 356 g/mol. The zero-order chi connectivity index (χ0) is 18.4. The van der Waals surface area contributed by atoms with Crippen LogP contribution in [0.4, 0.5) is 5.69 Å². The molecule has 3 heterocycles. The Labute approximate surface area is 150 Å². The summed E-state index contributed by atoms with van der Waals surface area (Å²) in [6, 6.07) is 4.72. The monoisotopic (exact) mass is 356 g/mol. The first kappa shape index (κ1) is 16.7. The second-order valence-electron chi connectivity index (χ2n) is 6.99. The fourth-order valence-electron chi connectivity index (χ4n) is 3.83. The number of anilines is 1. The van der Waals surface area contributed by atoms with Crippen molar-refractivity contribution >= 4 is 29.3 Å². The zero-order valence-electron chi connectivity index (χ0n) is 14.4. The van der Waals surface area contributed by atoms with E-state index in [1.165, 1.54) is 0 Å². The van der Waals surface area contributed by atoms with Crippen molar-refractivity contribution in [2.45, 2.75) is 44.3 Å². The van der Waals surface area contributed by atoms with Crippen LogP contribution in [-0.4, -0.2) is 53.2 Å². The number of imide groups is 2. The lowest BCUT2D eigenvalue weighted by Crippen LogP contribution is -2.54. The Morgan fingerprint density at radius 2 is 1.85 bits per heavy atom. The molecule has 136 valence electrons. The molecule has 0 saturated carbocycles. The van der Waals surface area contributed by atoms with Crippen molar-refractivity contribution in [1.29, 1.82) is 0 Å². The van der Waals surface area contributed by atoms with E-state index in [4.69, 9.17) is 0 Å². The van der Waals surface area contributed by atoms with Crippen LogP contribution in [0.5, 0.6) is 0 Å². The highest BCUT2D eigenvalue weighted by atomic mass is 16.2. The number of carbonyl (C=O) groups excluding carboxylic acids is 4. The molecule has 8 heteroatoms. The number of piperidine rings is 1. The van der Waals surface area contributed by atoms with Gasteiger partial charge in [-0.15, -0.1) is 0 Å². The molecule has 3 aliphatic rings. The maximum absolute atomic E-state index is 12.8. The summed E-state index contributed by atoms with van der Waals surface area (Å²) in [5.74, 6) is -1.95. The minimum absolute atomic E-state index is 0.114. The fraction of sp³-hybridized carbons (Fsp3) is 0.444. The number of nitrogens with zero attached hydrogens (tertiary/aromatic N) is 1. The van der Waals surface area contributed by atoms with Gasteiger partial charge in [0.1, 0.15) is 6.04 Å². The summed E-state index contributed by atoms with van der Waals surface area (Å²) in [4.78, 5) is 49.8. The molecule has 26 heavy (non-hydrogen) atoms. The van der Waals surface area contributed by atoms with Crippen LogP contribution in [0, 0.1) is 0 Å². The molecule has 3 N–H and O–H groups in total. The fourth-order valence-corrected chi connectivity index (χ4v) is 3.83. The van der Waals surface area contributed by atoms with Gasteiger partial charge >= 0.3 is 0 Å². The molecule has 4 amide bonds. The maximum Gasteiger partial charge on any atom is 0.262 e. The molecule has 0 aromatic heterocycles. The highest BCUT2D eigenvalue weighted by Crippen LogP contribution is 2.30. The van der Waals surface area contributed by atoms with E-state index in [0.29, 0.717) is 17.2 Å². The first-order valence-corrected chi connectivity index (χ1v) is 8.81. The van der Waals surface area contributed by atoms with Gasteiger partial charge in [0, 0.05) is 24.2 Å². The zero-order valence-corrected chi connectivity index (χ0v) is 14.4. The third-order valence-corrected chi connectivity index (χ3v) is 5.32. The van der Waals surface area contributed by atoms with Gasteiger partial charge in [-0.25, -0.2) is 0 Å². The van der Waals surface area contributed by atoms with Crippen LogP contribution >= 0.6 is 0 Å². The molecule has 4 rings (SSSR count). The third kappa shape index (κ3) is 2.66. The molecular formula is C18H20N4O4. The molecule has 2 saturated heterocycles. The van der Waals surface area contributed by atoms with Crippen LogP contribution in [0.1, 0.15) is 46.9 Å². The first-order valence-electron chi connectivity index (χ1n) is 8.81. The standard InChI is InChI=1S/C18H20N4O4/c1-9-13(6-7-19-9)20-10-2-3-11-12(8-10)18(26)22(17(11)25)14-4-5-15(23)21-16(14)24/h2-3,8-9,13-14,19-20H,4-7H2,1H3,(H,21,23,24)/t9-,13+,14?/m0/s1. The molecule has 3 aliphatic heterocycles. The van der Waals surface area contributed by atoms with Crippen LogP contribution in [0.15, 0.2) is 18.2 Å². The smallest absolute Gasteiger partial charge is 0.262 e. The van der Waals surface area contributed by atoms with Gasteiger partial charge in [-0.2, -0.15) is 0 Å². The van der Waals surface area contributed by atoms with E-state index < -0.39 is 23.8 Å². The molecular weight excluding hydrogens is 336 g/mol. The molecule has 2 fully saturated rings. The Kier molecular flexibility index (Phi) is 3.99. The summed E-state index contributed by atoms with van der Waals surface area (Å²) in [5, 5.41) is 8.94. The van der Waals surface area contributed by atoms with E-state index >= 15 is 0 Å². The van der Waals surface area contributed by atoms with Crippen LogP contribution in [0.3, 0.4) is 0 Å². The normalized spacial score (nSPS) is 28.3. The second kappa shape index (κ2) is 6.21. The first-order chi connectivity index (χ1) is 12.5. The number of hydrogen-bond donors (Lipinski definition) is 3. The van der Waals surface area contributed by atoms with E-state index in [-0.39, 0.29) is 24.8 Å². The maximum atomic E-state index is 12.8. The highest BCUT2D eigenvalue weighted by molar-refractivity contribution is 6.23. The Bertz CT molecular complexity index is 821. The van der Waals surface area contributed by atoms with E-state index in [9.17, 15) is 19.2 Å². The summed E-state index contributed by atoms with van der Waals surface area (Å²) >= 11 is 0. The number of amides is 4. The van der Waals surface area contributed by atoms with Gasteiger partial charge in [-0.1, -0.05) is 0 Å². The third-order valence-electron chi connectivity index (χ3n) is 5.32. The van der Waals surface area contributed by atoms with E-state index in [2.05, 4.69) is 22.9 Å². The van der Waals surface area contributed by atoms with Crippen molar-refractivity contribution in [2.24, 2.45) is 0 Å². The average Bonchev–Trinajstić information content (AvgIpc) is 3.11. The van der Waals surface area contributed by atoms with Crippen LogP contribution in [0.25, 0.3) is 0 Å². The molecule has 0 radical (unpaired) electrons. The van der Waals surface area contributed by atoms with Gasteiger partial charge in [0.2, 0.25) is 11.8 Å². The van der Waals surface area contributed by atoms with Crippen molar-refractivity contribution < 1.29 is 19.2 Å². The van der Waals surface area contributed by atoms with Gasteiger partial charge in [-0.3, -0.25) is 29.4 Å². The molecule has 0 bridgehead atoms. The molecule has 1 unspecified atom stereocenters. The Balaban J connectivity index is 1.58. The number of fused-ring (bicyclic) bond motifs is 1. The second-order valence-corrected chi connectivity index (χ2v) is 6.99. The number of nitrogens with one attached hydrogen (secondary N) is 3. The largest absolute Gasteiger partial charge is 0.381 e. The molecule has 1 aromatic carbocycles. The van der Waals surface area contributed by atoms with E-state index in [1.54, 1.807) is 18.2 Å². The Morgan fingerprint density at radius 1 is 1.08 bits per heavy atom. The highest BCUT2D eigenvalue weighted by Gasteiger charge is 2.44. The molecule has 0 aliphatic carbocycles. The van der Waals surface area contributed by atoms with Crippen molar-refractivity contribution in [1.82, 2.24) is 15.5 Å². The molecule has 1 aromatic rings. The Hall–Kier alpha value is -2.74. The van der Waals surface area contributed by atoms with Crippen molar-refractivity contribution in [3.8, 4) is 0 Å². The van der Waals surface area contributed by atoms with Gasteiger partial charge < -0.3 is 10.6 Å². The summed E-state index contributed by atoms with van der Waals surface area (Å²) in [6.45, 7) is 3.03. The Morgan fingerprint density at radius 3 is 2.54 bits per heavy atom. The molecule has 0 spiro atoms. The number of hydrogen-bond acceptors (Lipinski definition) is 6. The predicted octanol–water partition coefficient (Wildman–Crippen LogP) is 0.250. The molecule has 8 nitrogen and oxygen atoms in total. The van der Waals surface area contributed by atoms with Crippen molar-refractivity contribution in [3.05, 3.63) is 29.3 Å². The lowest BCUT2D eigenvalue weighted by molar-refractivity contribution is -0.136. The van der Waals surface area contributed by atoms with Crippen LogP contribution in [0.2, 0.25) is 0 Å². The van der Waals surface area contributed by atoms with Gasteiger partial charge in [0.15, 0.2) is 0 Å². The quantitative estimate of drug-likeness (QED) is 0.670. The summed E-state index contributed by atoms with van der Waals surface area (Å²) < 4.78 is 0. The minimum atomic E-state index is -0.935. The summed E-state index contributed by atoms with van der Waals surface area (Å²) in [7, 11) is 0. The number of benzene rings is 1. The number of carbonyl (C=O) groups is 4. The van der Waals surface area contributed by atoms with Gasteiger partial charge in [0.05, 0.1) is 11.1 Å². The summed E-state index contributed by atoms with van der Waals surface area (Å²) in [5.41, 5.74) is 1.36. The van der Waals surface area contributed by atoms with Crippen LogP contribution < -0.4 is 16.0 Å². The topological polar surface area (TPSA) is 108 Å². The lowest BCUT2D eigenvalue weighted by Gasteiger charge is -2.27. The van der Waals surface area contributed by atoms with Gasteiger partial charge in [0.25, 0.3) is 11.8 Å². The van der Waals surface area contributed by atoms with Crippen molar-refractivity contribution in [2.75, 3.05) is 11.9 Å². The SMILES string of the molecule is C[C@@H]1NCC[C@H]1Nc1ccc2c(c1)C(=O)N(C1CCC(=O)NC1=O)C2=O. The minimum Gasteiger partial charge on any atom is -0.381 e. The van der Waals surface area contributed by atoms with Crippen LogP contribution in [-0.2, 0) is 9.59 Å². The lowest BCUT2D eigenvalue weighted by atomic mass is 10.0. The van der Waals surface area contributed by atoms with E-state index in [1.807, 2.05) is 0 Å². The molecule has 3 atom stereocenters. The van der Waals surface area contributed by atoms with Crippen molar-refractivity contribution in [3.63, 3.8) is 0 Å². The van der Waals surface area contributed by atoms with Gasteiger partial charge in [-0.05, 0) is 44.5 Å².